The highest BCUT2D eigenvalue weighted by Gasteiger charge is 2.52. The summed E-state index contributed by atoms with van der Waals surface area (Å²) in [6.07, 6.45) is -5.44. The normalized spacial score (nSPS) is 41.7. The van der Waals surface area contributed by atoms with Crippen LogP contribution in [0.25, 0.3) is 20.9 Å². The second-order valence-corrected chi connectivity index (χ2v) is 12.3. The van der Waals surface area contributed by atoms with Crippen molar-refractivity contribution >= 4 is 5.97 Å². The molecule has 1 aromatic carbocycles. The highest BCUT2D eigenvalue weighted by Crippen LogP contribution is 2.39. The van der Waals surface area contributed by atoms with Crippen LogP contribution in [0.3, 0.4) is 0 Å². The lowest BCUT2D eigenvalue weighted by Gasteiger charge is -2.50. The highest BCUT2D eigenvalue weighted by molar-refractivity contribution is 5.89. The molecular weight excluding hydrogens is 584 g/mol. The van der Waals surface area contributed by atoms with Crippen LogP contribution >= 0.6 is 0 Å². The molecule has 5 unspecified atom stereocenters. The van der Waals surface area contributed by atoms with Crippen molar-refractivity contribution in [3.63, 3.8) is 0 Å². The van der Waals surface area contributed by atoms with E-state index in [-0.39, 0.29) is 18.1 Å². The predicted molar refractivity (Wildman–Crippen MR) is 163 cm³/mol. The van der Waals surface area contributed by atoms with Crippen LogP contribution < -0.4 is 0 Å². The topological polar surface area (TPSA) is 190 Å². The average molecular weight is 631 g/mol. The van der Waals surface area contributed by atoms with Crippen molar-refractivity contribution in [2.75, 3.05) is 0 Å². The Hall–Kier alpha value is -2.93. The molecular formula is C31H46N6O8. The molecule has 14 heteroatoms. The number of benzene rings is 1. The number of nitrogens with zero attached hydrogens (tertiary/aromatic N) is 6. The number of hydrogen-bond acceptors (Lipinski definition) is 10. The molecule has 0 radical (unpaired) electrons. The van der Waals surface area contributed by atoms with E-state index in [1.54, 1.807) is 31.2 Å². The maximum Gasteiger partial charge on any atom is 0.338 e. The number of hydrogen-bond donors (Lipinski definition) is 1. The zero-order valence-electron chi connectivity index (χ0n) is 26.9. The number of esters is 1. The highest BCUT2D eigenvalue weighted by atomic mass is 16.7. The summed E-state index contributed by atoms with van der Waals surface area (Å²) < 4.78 is 38.0. The first kappa shape index (κ1) is 34.9. The third kappa shape index (κ3) is 7.56. The van der Waals surface area contributed by atoms with E-state index in [9.17, 15) is 21.0 Å². The van der Waals surface area contributed by atoms with Crippen LogP contribution in [0.5, 0.6) is 0 Å². The summed E-state index contributed by atoms with van der Waals surface area (Å²) in [7, 11) is 0. The molecule has 3 saturated heterocycles. The van der Waals surface area contributed by atoms with E-state index in [1.807, 2.05) is 47.6 Å². The van der Waals surface area contributed by atoms with Crippen LogP contribution in [0, 0.1) is 17.8 Å². The molecule has 0 bridgehead atoms. The van der Waals surface area contributed by atoms with Gasteiger partial charge in [0.15, 0.2) is 18.7 Å². The Balaban J connectivity index is 1.64. The van der Waals surface area contributed by atoms with Crippen molar-refractivity contribution in [1.29, 1.82) is 0 Å². The lowest BCUT2D eigenvalue weighted by atomic mass is 9.85. The summed E-state index contributed by atoms with van der Waals surface area (Å²) in [6.45, 7) is 13.2. The molecule has 15 atom stereocenters. The van der Waals surface area contributed by atoms with E-state index < -0.39 is 79.1 Å². The summed E-state index contributed by atoms with van der Waals surface area (Å²) in [5.74, 6) is -1.67. The first-order valence-corrected chi connectivity index (χ1v) is 15.9. The first-order chi connectivity index (χ1) is 21.6. The molecule has 0 spiro atoms. The molecule has 1 aromatic rings. The molecule has 0 aliphatic carbocycles. The van der Waals surface area contributed by atoms with Crippen molar-refractivity contribution in [1.82, 2.24) is 0 Å². The Morgan fingerprint density at radius 3 is 2.02 bits per heavy atom. The van der Waals surface area contributed by atoms with E-state index in [0.717, 1.165) is 0 Å². The molecule has 14 nitrogen and oxygen atoms in total. The quantitative estimate of drug-likeness (QED) is 0.148. The molecule has 3 fully saturated rings. The van der Waals surface area contributed by atoms with Crippen LogP contribution in [0.1, 0.15) is 71.7 Å². The Bertz CT molecular complexity index is 1230. The fraction of sp³-hybridized carbons (Fsp3) is 0.774. The minimum Gasteiger partial charge on any atom is -0.453 e. The van der Waals surface area contributed by atoms with Gasteiger partial charge in [-0.15, -0.1) is 0 Å². The lowest BCUT2D eigenvalue weighted by molar-refractivity contribution is -0.341. The van der Waals surface area contributed by atoms with E-state index in [4.69, 9.17) is 28.4 Å². The van der Waals surface area contributed by atoms with Gasteiger partial charge in [-0.05, 0) is 61.7 Å². The number of carbonyl (C=O) groups is 1. The fourth-order valence-corrected chi connectivity index (χ4v) is 6.80. The van der Waals surface area contributed by atoms with Gasteiger partial charge in [0, 0.05) is 15.7 Å². The average Bonchev–Trinajstić information content (AvgIpc) is 3.03. The minimum absolute atomic E-state index is 0.220. The summed E-state index contributed by atoms with van der Waals surface area (Å²) >= 11 is 0. The Kier molecular flexibility index (Phi) is 12.1. The second-order valence-electron chi connectivity index (χ2n) is 12.3. The standard InChI is InChI=1S/C31H46N6O8/c1-8-21-25(38)15(3)24(35-37-33)30(42-21)44-26-17(5)28(43-29(39)20-13-11-10-12-14-20)31(41-19(26)7)45-27-16(4)23(34-36-32)18(6)40-22(27)9-2/h10-19,21-28,30-31,38H,8-9H2,1-7H3/t15-,16-,17+,18-,19?,21+,22?,23?,24?,25+,26+,27+,28?,30-,31-/m1/s1. The van der Waals surface area contributed by atoms with Crippen molar-refractivity contribution in [3.8, 4) is 0 Å². The van der Waals surface area contributed by atoms with Gasteiger partial charge in [0.1, 0.15) is 0 Å². The van der Waals surface area contributed by atoms with Crippen LogP contribution in [0.4, 0.5) is 0 Å². The Labute approximate surface area is 263 Å². The molecule has 0 amide bonds. The summed E-state index contributed by atoms with van der Waals surface area (Å²) in [5, 5.41) is 18.6. The van der Waals surface area contributed by atoms with Crippen LogP contribution in [0.15, 0.2) is 40.6 Å². The van der Waals surface area contributed by atoms with Crippen LogP contribution in [-0.4, -0.2) is 84.6 Å². The Morgan fingerprint density at radius 2 is 1.40 bits per heavy atom. The van der Waals surface area contributed by atoms with Gasteiger partial charge >= 0.3 is 5.97 Å². The molecule has 45 heavy (non-hydrogen) atoms. The molecule has 3 heterocycles. The monoisotopic (exact) mass is 630 g/mol. The van der Waals surface area contributed by atoms with E-state index in [1.165, 1.54) is 0 Å². The zero-order chi connectivity index (χ0) is 32.8. The third-order valence-electron chi connectivity index (χ3n) is 9.47. The number of carbonyl (C=O) groups excluding carboxylic acids is 1. The minimum atomic E-state index is -1.00. The van der Waals surface area contributed by atoms with Gasteiger partial charge in [-0.3, -0.25) is 0 Å². The van der Waals surface area contributed by atoms with Gasteiger partial charge < -0.3 is 33.5 Å². The molecule has 3 aliphatic heterocycles. The van der Waals surface area contributed by atoms with Gasteiger partial charge in [-0.2, -0.15) is 0 Å². The molecule has 0 aromatic heterocycles. The van der Waals surface area contributed by atoms with Crippen molar-refractivity contribution in [2.24, 2.45) is 28.0 Å². The molecule has 1 N–H and O–H groups in total. The summed E-state index contributed by atoms with van der Waals surface area (Å²) in [4.78, 5) is 19.4. The van der Waals surface area contributed by atoms with E-state index >= 15 is 0 Å². The number of aliphatic hydroxyl groups excluding tert-OH is 1. The SMILES string of the molecule is CCC1O[C@H](C)C(N=[N+]=[N-])[C@@H](C)[C@@H]1O[C@H]1OC(C)[C@@H](O[C@H]2O[C@@H](CC)[C@@H](O)[C@H](C)C2N=[N+]=[N-])[C@H](C)C1OC(=O)c1ccccc1. The number of azide groups is 2. The number of ether oxygens (including phenoxy) is 6. The number of rotatable bonds is 10. The summed E-state index contributed by atoms with van der Waals surface area (Å²) in [6, 6.07) is 7.37. The largest absolute Gasteiger partial charge is 0.453 e. The van der Waals surface area contributed by atoms with Gasteiger partial charge in [-0.25, -0.2) is 4.79 Å². The molecule has 248 valence electrons. The van der Waals surface area contributed by atoms with Gasteiger partial charge in [0.2, 0.25) is 0 Å². The van der Waals surface area contributed by atoms with Crippen molar-refractivity contribution in [2.45, 2.75) is 135 Å². The Morgan fingerprint density at radius 1 is 0.778 bits per heavy atom. The van der Waals surface area contributed by atoms with Crippen molar-refractivity contribution < 1.29 is 38.3 Å². The fourth-order valence-electron chi connectivity index (χ4n) is 6.80. The maximum absolute atomic E-state index is 13.4. The van der Waals surface area contributed by atoms with E-state index in [2.05, 4.69) is 20.1 Å². The van der Waals surface area contributed by atoms with Gasteiger partial charge in [0.05, 0.1) is 60.4 Å². The maximum atomic E-state index is 13.4. The third-order valence-corrected chi connectivity index (χ3v) is 9.47. The smallest absolute Gasteiger partial charge is 0.338 e. The zero-order valence-corrected chi connectivity index (χ0v) is 26.9. The van der Waals surface area contributed by atoms with Crippen LogP contribution in [0.2, 0.25) is 0 Å². The molecule has 0 saturated carbocycles. The van der Waals surface area contributed by atoms with Gasteiger partial charge in [0.25, 0.3) is 0 Å². The van der Waals surface area contributed by atoms with E-state index in [0.29, 0.717) is 18.4 Å². The van der Waals surface area contributed by atoms with Crippen LogP contribution in [-0.2, 0) is 28.4 Å². The second kappa shape index (κ2) is 15.6. The first-order valence-electron chi connectivity index (χ1n) is 15.9. The predicted octanol–water partition coefficient (Wildman–Crippen LogP) is 5.69. The lowest BCUT2D eigenvalue weighted by Crippen LogP contribution is -2.61. The molecule has 4 rings (SSSR count). The molecule has 3 aliphatic rings. The van der Waals surface area contributed by atoms with Gasteiger partial charge in [-0.1, -0.05) is 63.0 Å². The number of aliphatic hydroxyl groups is 1. The summed E-state index contributed by atoms with van der Waals surface area (Å²) in [5.41, 5.74) is 18.8. The van der Waals surface area contributed by atoms with Crippen molar-refractivity contribution in [3.05, 3.63) is 56.8 Å².